The Hall–Kier alpha value is -1.61. The van der Waals surface area contributed by atoms with Gasteiger partial charge < -0.3 is 10.0 Å². The molecule has 0 fully saturated rings. The monoisotopic (exact) mass is 245 g/mol. The van der Waals surface area contributed by atoms with Crippen molar-refractivity contribution in [2.75, 3.05) is 13.2 Å². The zero-order valence-electron chi connectivity index (χ0n) is 10.7. The largest absolute Gasteiger partial charge is 0.396 e. The average Bonchev–Trinajstić information content (AvgIpc) is 2.64. The standard InChI is InChI=1S/C15H19NO2/c1-11(10-17)6-5-9-16-12(2)13-7-3-4-8-14(13)15(16)18/h3-4,7-8,11,17H,2,5-6,9-10H2,1H3. The smallest absolute Gasteiger partial charge is 0.258 e. The van der Waals surface area contributed by atoms with Gasteiger partial charge >= 0.3 is 0 Å². The van der Waals surface area contributed by atoms with Crippen LogP contribution in [0.25, 0.3) is 5.70 Å². The molecule has 1 unspecified atom stereocenters. The van der Waals surface area contributed by atoms with Crippen LogP contribution >= 0.6 is 0 Å². The van der Waals surface area contributed by atoms with Crippen molar-refractivity contribution >= 4 is 11.6 Å². The van der Waals surface area contributed by atoms with Crippen molar-refractivity contribution in [1.82, 2.24) is 4.90 Å². The van der Waals surface area contributed by atoms with E-state index in [1.807, 2.05) is 31.2 Å². The number of hydrogen-bond acceptors (Lipinski definition) is 2. The van der Waals surface area contributed by atoms with Gasteiger partial charge in [0.15, 0.2) is 0 Å². The summed E-state index contributed by atoms with van der Waals surface area (Å²) in [6.07, 6.45) is 1.81. The van der Waals surface area contributed by atoms with Gasteiger partial charge in [-0.3, -0.25) is 4.79 Å². The van der Waals surface area contributed by atoms with Crippen molar-refractivity contribution in [1.29, 1.82) is 0 Å². The summed E-state index contributed by atoms with van der Waals surface area (Å²) >= 11 is 0. The van der Waals surface area contributed by atoms with Crippen LogP contribution in [0, 0.1) is 5.92 Å². The van der Waals surface area contributed by atoms with E-state index in [0.717, 1.165) is 29.7 Å². The molecule has 1 heterocycles. The van der Waals surface area contributed by atoms with Gasteiger partial charge in [-0.25, -0.2) is 0 Å². The van der Waals surface area contributed by atoms with Crippen LogP contribution in [0.1, 0.15) is 35.7 Å². The molecule has 0 spiro atoms. The second-order valence-electron chi connectivity index (χ2n) is 4.88. The molecule has 0 aliphatic carbocycles. The third-order valence-electron chi connectivity index (χ3n) is 3.43. The summed E-state index contributed by atoms with van der Waals surface area (Å²) in [5.41, 5.74) is 2.49. The van der Waals surface area contributed by atoms with E-state index in [4.69, 9.17) is 5.11 Å². The molecule has 1 N–H and O–H groups in total. The minimum Gasteiger partial charge on any atom is -0.396 e. The third-order valence-corrected chi connectivity index (χ3v) is 3.43. The van der Waals surface area contributed by atoms with Crippen molar-refractivity contribution in [3.63, 3.8) is 0 Å². The fourth-order valence-electron chi connectivity index (χ4n) is 2.26. The molecule has 1 aliphatic rings. The van der Waals surface area contributed by atoms with Crippen molar-refractivity contribution in [2.45, 2.75) is 19.8 Å². The molecule has 18 heavy (non-hydrogen) atoms. The molecule has 1 aromatic rings. The molecule has 2 rings (SSSR count). The molecule has 96 valence electrons. The number of benzene rings is 1. The first kappa shape index (κ1) is 12.8. The number of nitrogens with zero attached hydrogens (tertiary/aromatic N) is 1. The summed E-state index contributed by atoms with van der Waals surface area (Å²) in [5.74, 6) is 0.339. The molecule has 0 bridgehead atoms. The lowest BCUT2D eigenvalue weighted by atomic mass is 10.1. The predicted octanol–water partition coefficient (Wildman–Crippen LogP) is 2.52. The van der Waals surface area contributed by atoms with E-state index in [2.05, 4.69) is 6.58 Å². The number of fused-ring (bicyclic) bond motifs is 1. The number of aliphatic hydroxyl groups is 1. The predicted molar refractivity (Wildman–Crippen MR) is 72.0 cm³/mol. The van der Waals surface area contributed by atoms with Gasteiger partial charge in [0.1, 0.15) is 0 Å². The van der Waals surface area contributed by atoms with Gasteiger partial charge in [-0.15, -0.1) is 0 Å². The van der Waals surface area contributed by atoms with Crippen molar-refractivity contribution < 1.29 is 9.90 Å². The fraction of sp³-hybridized carbons (Fsp3) is 0.400. The van der Waals surface area contributed by atoms with Crippen LogP contribution in [0.2, 0.25) is 0 Å². The highest BCUT2D eigenvalue weighted by atomic mass is 16.3. The lowest BCUT2D eigenvalue weighted by molar-refractivity contribution is 0.0846. The Balaban J connectivity index is 2.01. The Morgan fingerprint density at radius 3 is 2.61 bits per heavy atom. The molecule has 3 nitrogen and oxygen atoms in total. The Morgan fingerprint density at radius 2 is 2.00 bits per heavy atom. The van der Waals surface area contributed by atoms with Crippen LogP contribution in [0.5, 0.6) is 0 Å². The van der Waals surface area contributed by atoms with Crippen LogP contribution in [0.3, 0.4) is 0 Å². The van der Waals surface area contributed by atoms with Gasteiger partial charge in [0.2, 0.25) is 0 Å². The lowest BCUT2D eigenvalue weighted by Crippen LogP contribution is -2.24. The summed E-state index contributed by atoms with van der Waals surface area (Å²) < 4.78 is 0. The van der Waals surface area contributed by atoms with Gasteiger partial charge in [-0.2, -0.15) is 0 Å². The van der Waals surface area contributed by atoms with E-state index in [1.165, 1.54) is 0 Å². The van der Waals surface area contributed by atoms with Crippen molar-refractivity contribution in [2.24, 2.45) is 5.92 Å². The first-order valence-electron chi connectivity index (χ1n) is 6.36. The SMILES string of the molecule is C=C1c2ccccc2C(=O)N1CCCC(C)CO. The lowest BCUT2D eigenvalue weighted by Gasteiger charge is -2.18. The molecular formula is C15H19NO2. The summed E-state index contributed by atoms with van der Waals surface area (Å²) in [7, 11) is 0. The topological polar surface area (TPSA) is 40.5 Å². The number of rotatable bonds is 5. The zero-order chi connectivity index (χ0) is 13.1. The van der Waals surface area contributed by atoms with Crippen LogP contribution in [-0.2, 0) is 0 Å². The Bertz CT molecular complexity index is 432. The average molecular weight is 245 g/mol. The molecule has 0 radical (unpaired) electrons. The van der Waals surface area contributed by atoms with E-state index < -0.39 is 0 Å². The quantitative estimate of drug-likeness (QED) is 0.866. The normalized spacial score (nSPS) is 16.0. The number of carbonyl (C=O) groups excluding carboxylic acids is 1. The highest BCUT2D eigenvalue weighted by Gasteiger charge is 2.29. The van der Waals surface area contributed by atoms with E-state index >= 15 is 0 Å². The van der Waals surface area contributed by atoms with E-state index in [9.17, 15) is 4.79 Å². The van der Waals surface area contributed by atoms with Crippen molar-refractivity contribution in [3.8, 4) is 0 Å². The maximum Gasteiger partial charge on any atom is 0.258 e. The number of hydrogen-bond donors (Lipinski definition) is 1. The van der Waals surface area contributed by atoms with Gasteiger partial charge in [-0.1, -0.05) is 31.7 Å². The zero-order valence-corrected chi connectivity index (χ0v) is 10.7. The maximum absolute atomic E-state index is 12.2. The number of carbonyl (C=O) groups is 1. The van der Waals surface area contributed by atoms with Gasteiger partial charge in [0, 0.05) is 30.0 Å². The molecule has 1 atom stereocenters. The Kier molecular flexibility index (Phi) is 3.82. The van der Waals surface area contributed by atoms with Crippen LogP contribution in [0.15, 0.2) is 30.8 Å². The van der Waals surface area contributed by atoms with Gasteiger partial charge in [0.05, 0.1) is 0 Å². The third kappa shape index (κ3) is 2.31. The summed E-state index contributed by atoms with van der Waals surface area (Å²) in [5, 5.41) is 8.97. The first-order chi connectivity index (χ1) is 8.65. The van der Waals surface area contributed by atoms with E-state index in [-0.39, 0.29) is 12.5 Å². The summed E-state index contributed by atoms with van der Waals surface area (Å²) in [6, 6.07) is 7.58. The first-order valence-corrected chi connectivity index (χ1v) is 6.36. The van der Waals surface area contributed by atoms with Crippen molar-refractivity contribution in [3.05, 3.63) is 42.0 Å². The van der Waals surface area contributed by atoms with E-state index in [0.29, 0.717) is 12.5 Å². The molecule has 1 aliphatic heterocycles. The number of amides is 1. The number of aliphatic hydroxyl groups excluding tert-OH is 1. The maximum atomic E-state index is 12.2. The second-order valence-corrected chi connectivity index (χ2v) is 4.88. The van der Waals surface area contributed by atoms with Crippen LogP contribution in [-0.4, -0.2) is 29.1 Å². The van der Waals surface area contributed by atoms with Gasteiger partial charge in [-0.05, 0) is 24.8 Å². The van der Waals surface area contributed by atoms with E-state index in [1.54, 1.807) is 4.90 Å². The molecule has 1 aromatic carbocycles. The van der Waals surface area contributed by atoms with Gasteiger partial charge in [0.25, 0.3) is 5.91 Å². The molecule has 0 saturated heterocycles. The minimum atomic E-state index is 0.0484. The van der Waals surface area contributed by atoms with Crippen LogP contribution in [0.4, 0.5) is 0 Å². The second kappa shape index (κ2) is 5.36. The molecule has 3 heteroatoms. The Morgan fingerprint density at radius 1 is 1.33 bits per heavy atom. The Labute approximate surface area is 108 Å². The molecule has 1 amide bonds. The minimum absolute atomic E-state index is 0.0484. The molecular weight excluding hydrogens is 226 g/mol. The summed E-state index contributed by atoms with van der Waals surface area (Å²) in [6.45, 7) is 6.89. The highest BCUT2D eigenvalue weighted by molar-refractivity contribution is 6.08. The van der Waals surface area contributed by atoms with Crippen LogP contribution < -0.4 is 0 Å². The molecule has 0 saturated carbocycles. The highest BCUT2D eigenvalue weighted by Crippen LogP contribution is 2.31. The molecule has 0 aromatic heterocycles. The summed E-state index contributed by atoms with van der Waals surface area (Å²) in [4.78, 5) is 13.9. The fourth-order valence-corrected chi connectivity index (χ4v) is 2.26.